The van der Waals surface area contributed by atoms with Crippen molar-refractivity contribution < 1.29 is 8.78 Å². The maximum atomic E-state index is 14.8. The third kappa shape index (κ3) is 3.73. The van der Waals surface area contributed by atoms with E-state index in [-0.39, 0.29) is 11.6 Å². The summed E-state index contributed by atoms with van der Waals surface area (Å²) in [4.78, 5) is 5.40. The third-order valence-electron chi connectivity index (χ3n) is 4.72. The van der Waals surface area contributed by atoms with Crippen molar-refractivity contribution in [2.24, 2.45) is 4.99 Å². The van der Waals surface area contributed by atoms with Crippen molar-refractivity contribution >= 4 is 23.6 Å². The molecule has 0 spiro atoms. The molecule has 3 aromatic rings. The van der Waals surface area contributed by atoms with E-state index < -0.39 is 5.92 Å². The van der Waals surface area contributed by atoms with Crippen LogP contribution in [0.2, 0.25) is 0 Å². The van der Waals surface area contributed by atoms with Crippen LogP contribution in [0.4, 0.5) is 14.5 Å². The van der Waals surface area contributed by atoms with Crippen LogP contribution in [0, 0.1) is 11.6 Å². The quantitative estimate of drug-likeness (QED) is 0.557. The zero-order valence-electron chi connectivity index (χ0n) is 15.2. The van der Waals surface area contributed by atoms with E-state index in [4.69, 9.17) is 0 Å². The molecule has 2 N–H and O–H groups in total. The van der Waals surface area contributed by atoms with Gasteiger partial charge >= 0.3 is 0 Å². The van der Waals surface area contributed by atoms with Crippen LogP contribution in [-0.4, -0.2) is 5.96 Å². The van der Waals surface area contributed by atoms with Gasteiger partial charge in [0.15, 0.2) is 0 Å². The number of guanidine groups is 1. The van der Waals surface area contributed by atoms with E-state index >= 15 is 0 Å². The van der Waals surface area contributed by atoms with E-state index in [2.05, 4.69) is 15.0 Å². The van der Waals surface area contributed by atoms with Gasteiger partial charge in [0.05, 0.1) is 17.1 Å². The lowest BCUT2D eigenvalue weighted by Gasteiger charge is -2.26. The molecule has 142 valence electrons. The highest BCUT2D eigenvalue weighted by Crippen LogP contribution is 2.40. The molecule has 0 fully saturated rings. The number of aliphatic imine (C=N–C) groups is 1. The molecule has 1 unspecified atom stereocenters. The third-order valence-corrected chi connectivity index (χ3v) is 5.58. The molecule has 0 aliphatic carbocycles. The minimum Gasteiger partial charge on any atom is -0.324 e. The van der Waals surface area contributed by atoms with Gasteiger partial charge < -0.3 is 5.32 Å². The number of fused-ring (bicyclic) bond motifs is 1. The Balaban J connectivity index is 1.67. The molecule has 1 aliphatic rings. The molecule has 0 bridgehead atoms. The molecule has 0 amide bonds. The van der Waals surface area contributed by atoms with Crippen molar-refractivity contribution in [3.05, 3.63) is 95.1 Å². The Morgan fingerprint density at radius 2 is 1.68 bits per heavy atom. The summed E-state index contributed by atoms with van der Waals surface area (Å²) < 4.78 is 32.2. The van der Waals surface area contributed by atoms with Gasteiger partial charge in [0.1, 0.15) is 11.6 Å². The fourth-order valence-electron chi connectivity index (χ4n) is 3.27. The molecule has 1 atom stereocenters. The van der Waals surface area contributed by atoms with Gasteiger partial charge in [0.2, 0.25) is 5.96 Å². The van der Waals surface area contributed by atoms with Crippen molar-refractivity contribution in [2.45, 2.75) is 24.3 Å². The lowest BCUT2D eigenvalue weighted by atomic mass is 9.91. The Morgan fingerprint density at radius 3 is 2.46 bits per heavy atom. The van der Waals surface area contributed by atoms with Crippen molar-refractivity contribution in [1.29, 1.82) is 0 Å². The first-order valence-corrected chi connectivity index (χ1v) is 9.80. The van der Waals surface area contributed by atoms with Crippen molar-refractivity contribution in [3.8, 4) is 0 Å². The van der Waals surface area contributed by atoms with Crippen LogP contribution in [0.25, 0.3) is 0 Å². The van der Waals surface area contributed by atoms with Gasteiger partial charge in [-0.1, -0.05) is 55.5 Å². The summed E-state index contributed by atoms with van der Waals surface area (Å²) >= 11 is 1.37. The summed E-state index contributed by atoms with van der Waals surface area (Å²) in [7, 11) is 0. The topological polar surface area (TPSA) is 36.4 Å². The monoisotopic (exact) mass is 395 g/mol. The van der Waals surface area contributed by atoms with Crippen LogP contribution >= 0.6 is 11.9 Å². The van der Waals surface area contributed by atoms with Crippen LogP contribution in [0.5, 0.6) is 0 Å². The average Bonchev–Trinajstić information content (AvgIpc) is 2.72. The van der Waals surface area contributed by atoms with Crippen molar-refractivity contribution in [2.75, 3.05) is 5.32 Å². The molecule has 3 nitrogen and oxygen atoms in total. The smallest absolute Gasteiger partial charge is 0.206 e. The number of halogens is 2. The minimum absolute atomic E-state index is 0.341. The first-order chi connectivity index (χ1) is 13.6. The van der Waals surface area contributed by atoms with E-state index in [1.54, 1.807) is 24.3 Å². The van der Waals surface area contributed by atoms with Gasteiger partial charge in [-0.3, -0.25) is 4.72 Å². The molecule has 0 aromatic heterocycles. The Morgan fingerprint density at radius 1 is 0.929 bits per heavy atom. The summed E-state index contributed by atoms with van der Waals surface area (Å²) in [6.07, 6.45) is 0. The summed E-state index contributed by atoms with van der Waals surface area (Å²) in [6, 6.07) is 19.5. The van der Waals surface area contributed by atoms with Gasteiger partial charge in [0.25, 0.3) is 0 Å². The van der Waals surface area contributed by atoms with Gasteiger partial charge in [-0.2, -0.15) is 0 Å². The number of hydrogen-bond donors (Lipinski definition) is 2. The number of benzene rings is 3. The SMILES string of the molecule is CC(c1ccccc1F)c1c(F)ccc2c1NC(=NCc1ccccc1)NS2. The van der Waals surface area contributed by atoms with E-state index in [9.17, 15) is 8.78 Å². The Kier molecular flexibility index (Phi) is 5.30. The highest BCUT2D eigenvalue weighted by atomic mass is 32.2. The molecule has 0 radical (unpaired) electrons. The second-order valence-corrected chi connectivity index (χ2v) is 7.41. The highest BCUT2D eigenvalue weighted by Gasteiger charge is 2.25. The normalized spacial score (nSPS) is 15.5. The second kappa shape index (κ2) is 8.02. The van der Waals surface area contributed by atoms with Crippen molar-refractivity contribution in [1.82, 2.24) is 4.72 Å². The largest absolute Gasteiger partial charge is 0.324 e. The Hall–Kier alpha value is -2.86. The van der Waals surface area contributed by atoms with Crippen LogP contribution < -0.4 is 10.0 Å². The highest BCUT2D eigenvalue weighted by molar-refractivity contribution is 7.98. The van der Waals surface area contributed by atoms with E-state index in [1.165, 1.54) is 24.1 Å². The van der Waals surface area contributed by atoms with Gasteiger partial charge in [-0.25, -0.2) is 13.8 Å². The fraction of sp³-hybridized carbons (Fsp3) is 0.136. The van der Waals surface area contributed by atoms with E-state index in [0.717, 1.165) is 10.5 Å². The summed E-state index contributed by atoms with van der Waals surface area (Å²) in [6.45, 7) is 2.31. The minimum atomic E-state index is -0.447. The van der Waals surface area contributed by atoms with Gasteiger partial charge in [-0.05, 0) is 41.3 Å². The molecule has 28 heavy (non-hydrogen) atoms. The van der Waals surface area contributed by atoms with Crippen molar-refractivity contribution in [3.63, 3.8) is 0 Å². The molecule has 0 saturated carbocycles. The second-order valence-electron chi connectivity index (χ2n) is 6.56. The molecular formula is C22H19F2N3S. The average molecular weight is 395 g/mol. The van der Waals surface area contributed by atoms with Crippen LogP contribution in [-0.2, 0) is 6.54 Å². The fourth-order valence-corrected chi connectivity index (χ4v) is 3.99. The van der Waals surface area contributed by atoms with Gasteiger partial charge in [-0.15, -0.1) is 0 Å². The van der Waals surface area contributed by atoms with Crippen LogP contribution in [0.3, 0.4) is 0 Å². The molecular weight excluding hydrogens is 376 g/mol. The predicted octanol–water partition coefficient (Wildman–Crippen LogP) is 5.70. The standard InChI is InChI=1S/C22H19F2N3S/c1-14(16-9-5-6-10-17(16)23)20-18(24)11-12-19-21(20)26-22(27-28-19)25-13-15-7-3-2-4-8-15/h2-12,14H,13H2,1H3,(H2,25,26,27). The van der Waals surface area contributed by atoms with Crippen LogP contribution in [0.15, 0.2) is 76.6 Å². The van der Waals surface area contributed by atoms with Gasteiger partial charge in [0, 0.05) is 11.5 Å². The zero-order chi connectivity index (χ0) is 19.5. The number of anilines is 1. The maximum absolute atomic E-state index is 14.8. The molecule has 3 aromatic carbocycles. The Labute approximate surface area is 167 Å². The lowest BCUT2D eigenvalue weighted by Crippen LogP contribution is -2.30. The lowest BCUT2D eigenvalue weighted by molar-refractivity contribution is 0.581. The molecule has 0 saturated heterocycles. The summed E-state index contributed by atoms with van der Waals surface area (Å²) in [5.74, 6) is -0.606. The molecule has 4 rings (SSSR count). The first-order valence-electron chi connectivity index (χ1n) is 8.98. The molecule has 6 heteroatoms. The molecule has 1 aliphatic heterocycles. The maximum Gasteiger partial charge on any atom is 0.206 e. The summed E-state index contributed by atoms with van der Waals surface area (Å²) in [5.41, 5.74) is 2.60. The van der Waals surface area contributed by atoms with E-state index in [0.29, 0.717) is 29.3 Å². The number of hydrogen-bond acceptors (Lipinski definition) is 2. The zero-order valence-corrected chi connectivity index (χ0v) is 16.1. The van der Waals surface area contributed by atoms with E-state index in [1.807, 2.05) is 37.3 Å². The predicted molar refractivity (Wildman–Crippen MR) is 111 cm³/mol. The number of rotatable bonds is 4. The number of nitrogens with one attached hydrogen (secondary N) is 2. The van der Waals surface area contributed by atoms with Crippen LogP contribution in [0.1, 0.15) is 29.5 Å². The first kappa shape index (κ1) is 18.5. The molecule has 1 heterocycles. The Bertz CT molecular complexity index is 1020. The number of nitrogens with zero attached hydrogens (tertiary/aromatic N) is 1. The summed E-state index contributed by atoms with van der Waals surface area (Å²) in [5, 5.41) is 3.20.